The summed E-state index contributed by atoms with van der Waals surface area (Å²) in [5.41, 5.74) is 6.05. The maximum Gasteiger partial charge on any atom is 0.179 e. The third-order valence-electron chi connectivity index (χ3n) is 7.17. The van der Waals surface area contributed by atoms with Crippen LogP contribution in [0.25, 0.3) is 0 Å². The van der Waals surface area contributed by atoms with Gasteiger partial charge in [-0.25, -0.2) is 9.67 Å². The third-order valence-corrected chi connectivity index (χ3v) is 7.17. The van der Waals surface area contributed by atoms with Crippen molar-refractivity contribution in [1.29, 1.82) is 0 Å². The maximum atomic E-state index is 12.4. The van der Waals surface area contributed by atoms with Gasteiger partial charge in [0.2, 0.25) is 0 Å². The monoisotopic (exact) mass is 457 g/mol. The van der Waals surface area contributed by atoms with Crippen LogP contribution < -0.4 is 0 Å². The highest BCUT2D eigenvalue weighted by molar-refractivity contribution is 6.13. The van der Waals surface area contributed by atoms with E-state index in [2.05, 4.69) is 49.5 Å². The summed E-state index contributed by atoms with van der Waals surface area (Å²) < 4.78 is 1.75. The number of nitrogens with zero attached hydrogens (tertiary/aromatic N) is 7. The molecule has 34 heavy (non-hydrogen) atoms. The average molecular weight is 458 g/mol. The highest BCUT2D eigenvalue weighted by Crippen LogP contribution is 2.47. The number of likely N-dealkylation sites (tertiary alicyclic amines) is 1. The van der Waals surface area contributed by atoms with Crippen molar-refractivity contribution in [3.63, 3.8) is 0 Å². The molecule has 3 aliphatic heterocycles. The zero-order valence-electron chi connectivity index (χ0n) is 19.0. The number of aliphatic hydroxyl groups excluding tert-OH is 1. The Morgan fingerprint density at radius 2 is 1.97 bits per heavy atom. The first-order valence-electron chi connectivity index (χ1n) is 11.9. The summed E-state index contributed by atoms with van der Waals surface area (Å²) in [5, 5.41) is 22.6. The molecule has 2 unspecified atom stereocenters. The molecule has 0 spiro atoms. The van der Waals surface area contributed by atoms with Gasteiger partial charge in [-0.1, -0.05) is 24.3 Å². The Bertz CT molecular complexity index is 1230. The number of aromatic nitrogens is 3. The maximum absolute atomic E-state index is 12.4. The van der Waals surface area contributed by atoms with Crippen LogP contribution in [0.15, 0.2) is 68.7 Å². The second kappa shape index (κ2) is 8.81. The van der Waals surface area contributed by atoms with E-state index >= 15 is 0 Å². The van der Waals surface area contributed by atoms with Gasteiger partial charge < -0.3 is 5.11 Å². The van der Waals surface area contributed by atoms with Crippen LogP contribution in [0.3, 0.4) is 0 Å². The van der Waals surface area contributed by atoms with Crippen LogP contribution in [0, 0.1) is 0 Å². The Hall–Kier alpha value is -3.30. The largest absolute Gasteiger partial charge is 0.394 e. The van der Waals surface area contributed by atoms with Crippen LogP contribution in [0.5, 0.6) is 0 Å². The molecule has 0 saturated carbocycles. The Labute approximate surface area is 197 Å². The average Bonchev–Trinajstić information content (AvgIpc) is 3.20. The molecule has 174 valence electrons. The lowest BCUT2D eigenvalue weighted by Gasteiger charge is -2.36. The molecule has 9 heteroatoms. The molecule has 1 aromatic heterocycles. The normalized spacial score (nSPS) is 24.3. The first-order chi connectivity index (χ1) is 16.7. The summed E-state index contributed by atoms with van der Waals surface area (Å²) in [7, 11) is 0. The summed E-state index contributed by atoms with van der Waals surface area (Å²) in [6.45, 7) is 4.25. The minimum absolute atomic E-state index is 0.0305. The minimum atomic E-state index is -0.198. The summed E-state index contributed by atoms with van der Waals surface area (Å²) in [6.07, 6.45) is 5.16. The van der Waals surface area contributed by atoms with Crippen LogP contribution in [-0.4, -0.2) is 69.1 Å². The number of benzene rings is 1. The molecule has 1 fully saturated rings. The van der Waals surface area contributed by atoms with E-state index in [4.69, 9.17) is 4.99 Å². The summed E-state index contributed by atoms with van der Waals surface area (Å²) >= 11 is 0. The molecule has 2 aromatic rings. The lowest BCUT2D eigenvalue weighted by molar-refractivity contribution is -0.113. The zero-order valence-corrected chi connectivity index (χ0v) is 19.0. The Kier molecular flexibility index (Phi) is 5.50. The van der Waals surface area contributed by atoms with Gasteiger partial charge in [-0.15, -0.1) is 0 Å². The van der Waals surface area contributed by atoms with E-state index in [-0.39, 0.29) is 30.8 Å². The van der Waals surface area contributed by atoms with Crippen molar-refractivity contribution in [1.82, 2.24) is 19.7 Å². The van der Waals surface area contributed by atoms with Gasteiger partial charge in [0.15, 0.2) is 5.78 Å². The van der Waals surface area contributed by atoms with Crippen molar-refractivity contribution in [3.05, 3.63) is 70.5 Å². The van der Waals surface area contributed by atoms with Gasteiger partial charge in [0, 0.05) is 24.1 Å². The highest BCUT2D eigenvalue weighted by atomic mass is 16.3. The Morgan fingerprint density at radius 1 is 1.12 bits per heavy atom. The van der Waals surface area contributed by atoms with E-state index < -0.39 is 0 Å². The zero-order chi connectivity index (χ0) is 23.1. The first-order valence-corrected chi connectivity index (χ1v) is 11.9. The van der Waals surface area contributed by atoms with Crippen molar-refractivity contribution in [2.45, 2.75) is 37.8 Å². The van der Waals surface area contributed by atoms with Crippen molar-refractivity contribution < 1.29 is 9.90 Å². The first kappa shape index (κ1) is 21.2. The standard InChI is InChI=1S/C25H27N7O2/c33-9-8-32-25(27-15-29-32)23-20(17-4-2-16(3-5-17)14-31-6-1-7-31)10-18-12-28-30-21-11-19(34)13-26-24(23)22(18)21/h2-5,11,15,20,23,33H,1,6-10,12-14H2. The van der Waals surface area contributed by atoms with E-state index in [0.717, 1.165) is 35.6 Å². The Morgan fingerprint density at radius 3 is 2.74 bits per heavy atom. The fourth-order valence-corrected chi connectivity index (χ4v) is 5.42. The molecule has 1 aliphatic carbocycles. The van der Waals surface area contributed by atoms with Gasteiger partial charge in [0.25, 0.3) is 0 Å². The molecule has 1 aromatic carbocycles. The molecule has 0 amide bonds. The molecule has 1 saturated heterocycles. The summed E-state index contributed by atoms with van der Waals surface area (Å²) in [4.78, 5) is 24.3. The van der Waals surface area contributed by atoms with E-state index in [1.165, 1.54) is 37.0 Å². The molecular formula is C25H27N7O2. The number of carbonyl (C=O) groups excluding carboxylic acids is 1. The fraction of sp³-hybridized carbons (Fsp3) is 0.440. The second-order valence-electron chi connectivity index (χ2n) is 9.30. The lowest BCUT2D eigenvalue weighted by Crippen LogP contribution is -2.36. The van der Waals surface area contributed by atoms with E-state index in [0.29, 0.717) is 18.8 Å². The van der Waals surface area contributed by atoms with Gasteiger partial charge >= 0.3 is 0 Å². The molecule has 0 radical (unpaired) electrons. The van der Waals surface area contributed by atoms with Crippen molar-refractivity contribution in [3.8, 4) is 0 Å². The number of hydrogen-bond donors (Lipinski definition) is 1. The number of allylic oxidation sites excluding steroid dienone is 1. The van der Waals surface area contributed by atoms with Crippen LogP contribution >= 0.6 is 0 Å². The summed E-state index contributed by atoms with van der Waals surface area (Å²) in [5.74, 6) is 0.550. The topological polar surface area (TPSA) is 108 Å². The SMILES string of the molecule is O=C1C=C2N=NCC3=C2C(=NC1)C(c1ncnn1CCO)C(c1ccc(CN2CCC2)cc1)C3. The van der Waals surface area contributed by atoms with Gasteiger partial charge in [-0.2, -0.15) is 15.3 Å². The van der Waals surface area contributed by atoms with Gasteiger partial charge in [-0.05, 0) is 42.6 Å². The third kappa shape index (κ3) is 3.74. The molecule has 1 N–H and O–H groups in total. The number of hydrogen-bond acceptors (Lipinski definition) is 8. The lowest BCUT2D eigenvalue weighted by atomic mass is 9.70. The predicted octanol–water partition coefficient (Wildman–Crippen LogP) is 2.42. The van der Waals surface area contributed by atoms with E-state index in [9.17, 15) is 9.90 Å². The molecular weight excluding hydrogens is 430 g/mol. The highest BCUT2D eigenvalue weighted by Gasteiger charge is 2.42. The molecule has 6 rings (SSSR count). The van der Waals surface area contributed by atoms with Crippen molar-refractivity contribution in [2.24, 2.45) is 15.2 Å². The van der Waals surface area contributed by atoms with Gasteiger partial charge in [0.1, 0.15) is 18.7 Å². The number of ketones is 1. The fourth-order valence-electron chi connectivity index (χ4n) is 5.42. The quantitative estimate of drug-likeness (QED) is 0.717. The van der Waals surface area contributed by atoms with Crippen molar-refractivity contribution >= 4 is 11.5 Å². The number of carbonyl (C=O) groups is 1. The van der Waals surface area contributed by atoms with E-state index in [1.54, 1.807) is 10.8 Å². The second-order valence-corrected chi connectivity index (χ2v) is 9.30. The molecule has 9 nitrogen and oxygen atoms in total. The molecule has 0 bridgehead atoms. The number of rotatable bonds is 6. The minimum Gasteiger partial charge on any atom is -0.394 e. The molecule has 4 aliphatic rings. The number of aliphatic imine (C=N–C) groups is 1. The van der Waals surface area contributed by atoms with E-state index in [1.807, 2.05) is 0 Å². The number of azo groups is 1. The van der Waals surface area contributed by atoms with Crippen LogP contribution in [0.4, 0.5) is 0 Å². The summed E-state index contributed by atoms with van der Waals surface area (Å²) in [6, 6.07) is 8.87. The van der Waals surface area contributed by atoms with Crippen LogP contribution in [0.2, 0.25) is 0 Å². The van der Waals surface area contributed by atoms with Gasteiger partial charge in [-0.3, -0.25) is 14.7 Å². The van der Waals surface area contributed by atoms with Gasteiger partial charge in [0.05, 0.1) is 37.0 Å². The predicted molar refractivity (Wildman–Crippen MR) is 126 cm³/mol. The van der Waals surface area contributed by atoms with Crippen molar-refractivity contribution in [2.75, 3.05) is 32.8 Å². The Balaban J connectivity index is 1.44. The van der Waals surface area contributed by atoms with Crippen LogP contribution in [-0.2, 0) is 17.9 Å². The number of aliphatic hydroxyl groups is 1. The molecule has 4 heterocycles. The smallest absolute Gasteiger partial charge is 0.179 e. The van der Waals surface area contributed by atoms with Crippen LogP contribution in [0.1, 0.15) is 41.6 Å². The molecule has 2 atom stereocenters.